The van der Waals surface area contributed by atoms with E-state index in [0.717, 1.165) is 29.0 Å². The minimum absolute atomic E-state index is 0.185. The Labute approximate surface area is 260 Å². The number of ether oxygens (including phenoxy) is 1. The first-order chi connectivity index (χ1) is 21.9. The lowest BCUT2D eigenvalue weighted by Gasteiger charge is -2.11. The molecule has 0 saturated carbocycles. The molecule has 0 unspecified atom stereocenters. The Hall–Kier alpha value is -6.03. The summed E-state index contributed by atoms with van der Waals surface area (Å²) < 4.78 is 7.41. The number of rotatable bonds is 10. The van der Waals surface area contributed by atoms with Crippen LogP contribution in [-0.2, 0) is 9.59 Å². The zero-order valence-electron chi connectivity index (χ0n) is 24.9. The third-order valence-electron chi connectivity index (χ3n) is 6.64. The van der Waals surface area contributed by atoms with E-state index in [4.69, 9.17) is 9.84 Å². The average Bonchev–Trinajstić information content (AvgIpc) is 3.48. The normalized spacial score (nSPS) is 10.8. The Morgan fingerprint density at radius 3 is 2.38 bits per heavy atom. The van der Waals surface area contributed by atoms with E-state index in [1.807, 2.05) is 86.6 Å². The van der Waals surface area contributed by atoms with Crippen LogP contribution in [0.2, 0.25) is 0 Å². The van der Waals surface area contributed by atoms with Crippen LogP contribution in [0.25, 0.3) is 16.9 Å². The standard InChI is InChI=1S/C35H32N6O4/c1-3-20-45-29-18-16-25(17-19-29)32-26(23-41(40-32)28-12-5-4-6-13-28)22-36-39-35(44)34(43)38-31-15-8-7-14-30(31)33(42)37-27-11-9-10-24(2)21-27/h4-19,21-23H,3,20H2,1-2H3,(H,37,42)(H,38,43)(H,39,44)/b36-22-. The summed E-state index contributed by atoms with van der Waals surface area (Å²) >= 11 is 0. The molecule has 0 spiro atoms. The van der Waals surface area contributed by atoms with Crippen molar-refractivity contribution in [3.05, 3.63) is 126 Å². The maximum atomic E-state index is 12.9. The fourth-order valence-electron chi connectivity index (χ4n) is 4.45. The summed E-state index contributed by atoms with van der Waals surface area (Å²) in [5, 5.41) is 14.1. The van der Waals surface area contributed by atoms with Crippen LogP contribution in [0, 0.1) is 6.92 Å². The van der Waals surface area contributed by atoms with Gasteiger partial charge >= 0.3 is 11.8 Å². The molecule has 5 rings (SSSR count). The van der Waals surface area contributed by atoms with Crippen molar-refractivity contribution in [3.63, 3.8) is 0 Å². The van der Waals surface area contributed by atoms with Crippen molar-refractivity contribution in [2.75, 3.05) is 17.2 Å². The molecular weight excluding hydrogens is 568 g/mol. The van der Waals surface area contributed by atoms with Crippen LogP contribution in [0.4, 0.5) is 11.4 Å². The molecule has 1 heterocycles. The number of benzene rings is 4. The van der Waals surface area contributed by atoms with E-state index >= 15 is 0 Å². The highest BCUT2D eigenvalue weighted by Gasteiger charge is 2.18. The van der Waals surface area contributed by atoms with Gasteiger partial charge in [0.15, 0.2) is 0 Å². The SMILES string of the molecule is CCCOc1ccc(-c2nn(-c3ccccc3)cc2/C=N\NC(=O)C(=O)Nc2ccccc2C(=O)Nc2cccc(C)c2)cc1. The highest BCUT2D eigenvalue weighted by atomic mass is 16.5. The number of para-hydroxylation sites is 2. The Bertz CT molecular complexity index is 1830. The zero-order chi connectivity index (χ0) is 31.6. The lowest BCUT2D eigenvalue weighted by molar-refractivity contribution is -0.136. The van der Waals surface area contributed by atoms with E-state index in [1.54, 1.807) is 41.2 Å². The number of hydrogen-bond acceptors (Lipinski definition) is 6. The molecule has 3 amide bonds. The predicted octanol–water partition coefficient (Wildman–Crippen LogP) is 5.98. The lowest BCUT2D eigenvalue weighted by atomic mass is 10.1. The number of nitrogens with one attached hydrogen (secondary N) is 3. The summed E-state index contributed by atoms with van der Waals surface area (Å²) in [5.74, 6) is -1.66. The molecule has 4 aromatic carbocycles. The second-order valence-corrected chi connectivity index (χ2v) is 10.1. The molecule has 0 aliphatic carbocycles. The average molecular weight is 601 g/mol. The van der Waals surface area contributed by atoms with Crippen molar-refractivity contribution in [3.8, 4) is 22.7 Å². The van der Waals surface area contributed by atoms with Crippen LogP contribution in [0.5, 0.6) is 5.75 Å². The van der Waals surface area contributed by atoms with Gasteiger partial charge in [-0.3, -0.25) is 14.4 Å². The van der Waals surface area contributed by atoms with Gasteiger partial charge in [0.2, 0.25) is 0 Å². The van der Waals surface area contributed by atoms with E-state index in [9.17, 15) is 14.4 Å². The minimum atomic E-state index is -1.01. The highest BCUT2D eigenvalue weighted by molar-refractivity contribution is 6.40. The summed E-state index contributed by atoms with van der Waals surface area (Å²) in [7, 11) is 0. The van der Waals surface area contributed by atoms with Crippen molar-refractivity contribution in [1.29, 1.82) is 0 Å². The third-order valence-corrected chi connectivity index (χ3v) is 6.64. The second-order valence-electron chi connectivity index (χ2n) is 10.1. The van der Waals surface area contributed by atoms with E-state index in [2.05, 4.69) is 21.2 Å². The van der Waals surface area contributed by atoms with Crippen molar-refractivity contribution in [1.82, 2.24) is 15.2 Å². The van der Waals surface area contributed by atoms with Crippen LogP contribution in [-0.4, -0.2) is 40.3 Å². The first kappa shape index (κ1) is 30.4. The Kier molecular flexibility index (Phi) is 9.76. The number of hydrazone groups is 1. The number of nitrogens with zero attached hydrogens (tertiary/aromatic N) is 3. The third kappa shape index (κ3) is 7.88. The number of carbonyl (C=O) groups excluding carboxylic acids is 3. The molecule has 226 valence electrons. The molecule has 45 heavy (non-hydrogen) atoms. The summed E-state index contributed by atoms with van der Waals surface area (Å²) in [6.45, 7) is 4.59. The topological polar surface area (TPSA) is 127 Å². The van der Waals surface area contributed by atoms with Gasteiger partial charge in [-0.1, -0.05) is 49.4 Å². The molecular formula is C35H32N6O4. The smallest absolute Gasteiger partial charge is 0.329 e. The van der Waals surface area contributed by atoms with Crippen molar-refractivity contribution in [2.24, 2.45) is 5.10 Å². The molecule has 3 N–H and O–H groups in total. The predicted molar refractivity (Wildman–Crippen MR) is 175 cm³/mol. The van der Waals surface area contributed by atoms with E-state index < -0.39 is 17.7 Å². The zero-order valence-corrected chi connectivity index (χ0v) is 24.9. The molecule has 10 heteroatoms. The molecule has 1 aromatic heterocycles. The number of carbonyl (C=O) groups is 3. The van der Waals surface area contributed by atoms with Crippen molar-refractivity contribution < 1.29 is 19.1 Å². The van der Waals surface area contributed by atoms with Crippen LogP contribution in [0.3, 0.4) is 0 Å². The summed E-state index contributed by atoms with van der Waals surface area (Å²) in [6, 6.07) is 30.9. The molecule has 5 aromatic rings. The monoisotopic (exact) mass is 600 g/mol. The first-order valence-corrected chi connectivity index (χ1v) is 14.4. The number of amides is 3. The number of aryl methyl sites for hydroxylation is 1. The highest BCUT2D eigenvalue weighted by Crippen LogP contribution is 2.25. The van der Waals surface area contributed by atoms with Gasteiger partial charge in [0.05, 0.1) is 29.8 Å². The summed E-state index contributed by atoms with van der Waals surface area (Å²) in [6.07, 6.45) is 4.12. The molecule has 0 fully saturated rings. The van der Waals surface area contributed by atoms with Gasteiger partial charge in [-0.15, -0.1) is 0 Å². The van der Waals surface area contributed by atoms with Gasteiger partial charge in [-0.2, -0.15) is 10.2 Å². The fourth-order valence-corrected chi connectivity index (χ4v) is 4.45. The van der Waals surface area contributed by atoms with Gasteiger partial charge in [0.25, 0.3) is 5.91 Å². The van der Waals surface area contributed by atoms with Crippen LogP contribution in [0.1, 0.15) is 34.8 Å². The molecule has 0 radical (unpaired) electrons. The van der Waals surface area contributed by atoms with Gasteiger partial charge in [-0.25, -0.2) is 10.1 Å². The summed E-state index contributed by atoms with van der Waals surface area (Å²) in [5.41, 5.74) is 7.15. The molecule has 0 aliphatic rings. The number of hydrogen-bond donors (Lipinski definition) is 3. The van der Waals surface area contributed by atoms with Crippen molar-refractivity contribution >= 4 is 35.3 Å². The van der Waals surface area contributed by atoms with Crippen LogP contribution >= 0.6 is 0 Å². The van der Waals surface area contributed by atoms with Crippen molar-refractivity contribution in [2.45, 2.75) is 20.3 Å². The first-order valence-electron chi connectivity index (χ1n) is 14.4. The Morgan fingerprint density at radius 2 is 1.62 bits per heavy atom. The Balaban J connectivity index is 1.29. The van der Waals surface area contributed by atoms with E-state index in [0.29, 0.717) is 23.6 Å². The minimum Gasteiger partial charge on any atom is -0.494 e. The van der Waals surface area contributed by atoms with Gasteiger partial charge in [0, 0.05) is 23.0 Å². The molecule has 0 saturated heterocycles. The number of aromatic nitrogens is 2. The molecule has 0 bridgehead atoms. The molecule has 10 nitrogen and oxygen atoms in total. The van der Waals surface area contributed by atoms with Gasteiger partial charge in [0.1, 0.15) is 11.4 Å². The van der Waals surface area contributed by atoms with E-state index in [1.165, 1.54) is 6.21 Å². The quantitative estimate of drug-likeness (QED) is 0.103. The maximum absolute atomic E-state index is 12.9. The van der Waals surface area contributed by atoms with Crippen LogP contribution in [0.15, 0.2) is 114 Å². The van der Waals surface area contributed by atoms with Gasteiger partial charge in [-0.05, 0) is 79.6 Å². The summed E-state index contributed by atoms with van der Waals surface area (Å²) in [4.78, 5) is 38.4. The van der Waals surface area contributed by atoms with Gasteiger partial charge < -0.3 is 15.4 Å². The van der Waals surface area contributed by atoms with E-state index in [-0.39, 0.29) is 11.3 Å². The fraction of sp³-hybridized carbons (Fsp3) is 0.114. The maximum Gasteiger partial charge on any atom is 0.329 e. The lowest BCUT2D eigenvalue weighted by Crippen LogP contribution is -2.33. The number of anilines is 2. The largest absolute Gasteiger partial charge is 0.494 e. The Morgan fingerprint density at radius 1 is 0.867 bits per heavy atom. The van der Waals surface area contributed by atoms with Crippen LogP contribution < -0.4 is 20.8 Å². The molecule has 0 aliphatic heterocycles. The molecule has 0 atom stereocenters. The second kappa shape index (κ2) is 14.4.